The van der Waals surface area contributed by atoms with Gasteiger partial charge in [0.2, 0.25) is 0 Å². The van der Waals surface area contributed by atoms with Gasteiger partial charge in [0.05, 0.1) is 10.7 Å². The zero-order valence-electron chi connectivity index (χ0n) is 10.6. The third-order valence-corrected chi connectivity index (χ3v) is 3.53. The molecule has 0 N–H and O–H groups in total. The second-order valence-corrected chi connectivity index (χ2v) is 5.12. The Bertz CT molecular complexity index is 524. The predicted molar refractivity (Wildman–Crippen MR) is 71.6 cm³/mol. The van der Waals surface area contributed by atoms with E-state index in [0.29, 0.717) is 12.4 Å². The molecule has 0 fully saturated rings. The van der Waals surface area contributed by atoms with E-state index in [9.17, 15) is 4.39 Å². The average molecular weight is 265 g/mol. The Morgan fingerprint density at radius 2 is 2.22 bits per heavy atom. The summed E-state index contributed by atoms with van der Waals surface area (Å²) < 4.78 is 18.6. The van der Waals surface area contributed by atoms with Crippen LogP contribution in [0, 0.1) is 12.7 Å². The van der Waals surface area contributed by atoms with Crippen LogP contribution < -0.4 is 4.74 Å². The van der Waals surface area contributed by atoms with Gasteiger partial charge in [0.1, 0.15) is 18.2 Å². The molecule has 0 spiro atoms. The quantitative estimate of drug-likeness (QED) is 0.811. The van der Waals surface area contributed by atoms with E-state index in [1.807, 2.05) is 12.3 Å². The minimum atomic E-state index is -0.237. The third kappa shape index (κ3) is 3.29. The molecule has 0 radical (unpaired) electrons. The molecule has 0 aliphatic rings. The molecule has 2 nitrogen and oxygen atoms in total. The molecule has 1 aromatic heterocycles. The lowest BCUT2D eigenvalue weighted by Crippen LogP contribution is -1.98. The van der Waals surface area contributed by atoms with E-state index in [0.717, 1.165) is 29.1 Å². The van der Waals surface area contributed by atoms with Gasteiger partial charge in [-0.15, -0.1) is 11.3 Å². The minimum absolute atomic E-state index is 0.237. The van der Waals surface area contributed by atoms with Gasteiger partial charge in [0, 0.05) is 5.38 Å². The van der Waals surface area contributed by atoms with Gasteiger partial charge in [0.25, 0.3) is 0 Å². The summed E-state index contributed by atoms with van der Waals surface area (Å²) >= 11 is 1.66. The maximum Gasteiger partial charge on any atom is 0.131 e. The van der Waals surface area contributed by atoms with Crippen LogP contribution in [0.25, 0.3) is 0 Å². The van der Waals surface area contributed by atoms with Gasteiger partial charge in [-0.3, -0.25) is 0 Å². The van der Waals surface area contributed by atoms with Crippen molar-refractivity contribution in [2.45, 2.75) is 33.3 Å². The zero-order chi connectivity index (χ0) is 13.0. The molecule has 4 heteroatoms. The lowest BCUT2D eigenvalue weighted by Gasteiger charge is -2.07. The number of benzene rings is 1. The first-order chi connectivity index (χ1) is 8.69. The van der Waals surface area contributed by atoms with Crippen LogP contribution in [0.5, 0.6) is 5.75 Å². The van der Waals surface area contributed by atoms with E-state index in [1.54, 1.807) is 17.4 Å². The molecule has 1 aromatic carbocycles. The van der Waals surface area contributed by atoms with Crippen molar-refractivity contribution in [3.8, 4) is 5.75 Å². The van der Waals surface area contributed by atoms with Crippen LogP contribution >= 0.6 is 11.3 Å². The molecule has 0 saturated carbocycles. The first-order valence-electron chi connectivity index (χ1n) is 6.01. The van der Waals surface area contributed by atoms with Gasteiger partial charge in [-0.25, -0.2) is 9.37 Å². The highest BCUT2D eigenvalue weighted by Gasteiger charge is 2.04. The molecule has 0 amide bonds. The van der Waals surface area contributed by atoms with Crippen LogP contribution in [0.15, 0.2) is 23.6 Å². The van der Waals surface area contributed by atoms with Gasteiger partial charge in [0.15, 0.2) is 0 Å². The summed E-state index contributed by atoms with van der Waals surface area (Å²) in [6.45, 7) is 4.41. The van der Waals surface area contributed by atoms with Crippen LogP contribution in [0.1, 0.15) is 29.6 Å². The Balaban J connectivity index is 1.97. The van der Waals surface area contributed by atoms with Crippen LogP contribution in [0.3, 0.4) is 0 Å². The lowest BCUT2D eigenvalue weighted by atomic mass is 10.2. The molecule has 2 aromatic rings. The molecular weight excluding hydrogens is 249 g/mol. The first kappa shape index (κ1) is 13.0. The fourth-order valence-electron chi connectivity index (χ4n) is 1.67. The lowest BCUT2D eigenvalue weighted by molar-refractivity contribution is 0.299. The molecular formula is C14H16FNOS. The van der Waals surface area contributed by atoms with Crippen molar-refractivity contribution in [1.29, 1.82) is 0 Å². The largest absolute Gasteiger partial charge is 0.487 e. The molecule has 0 atom stereocenters. The number of halogens is 1. The van der Waals surface area contributed by atoms with E-state index in [1.165, 1.54) is 12.1 Å². The average Bonchev–Trinajstić information content (AvgIpc) is 2.76. The standard InChI is InChI=1S/C14H16FNOS/c1-3-4-14-16-12(9-18-14)8-17-13-6-5-11(15)7-10(13)2/h5-7,9H,3-4,8H2,1-2H3. The minimum Gasteiger partial charge on any atom is -0.487 e. The Hall–Kier alpha value is -1.42. The topological polar surface area (TPSA) is 22.1 Å². The van der Waals surface area contributed by atoms with E-state index in [2.05, 4.69) is 11.9 Å². The predicted octanol–water partition coefficient (Wildman–Crippen LogP) is 4.12. The summed E-state index contributed by atoms with van der Waals surface area (Å²) in [6, 6.07) is 4.54. The van der Waals surface area contributed by atoms with Crippen LogP contribution in [0.2, 0.25) is 0 Å². The fraction of sp³-hybridized carbons (Fsp3) is 0.357. The van der Waals surface area contributed by atoms with E-state index < -0.39 is 0 Å². The van der Waals surface area contributed by atoms with Gasteiger partial charge in [-0.1, -0.05) is 6.92 Å². The number of aromatic nitrogens is 1. The third-order valence-electron chi connectivity index (χ3n) is 2.58. The highest BCUT2D eigenvalue weighted by Crippen LogP contribution is 2.20. The van der Waals surface area contributed by atoms with E-state index in [-0.39, 0.29) is 5.82 Å². The molecule has 0 aliphatic carbocycles. The summed E-state index contributed by atoms with van der Waals surface area (Å²) in [4.78, 5) is 4.48. The number of rotatable bonds is 5. The van der Waals surface area contributed by atoms with Crippen molar-refractivity contribution >= 4 is 11.3 Å². The van der Waals surface area contributed by atoms with E-state index in [4.69, 9.17) is 4.74 Å². The normalized spacial score (nSPS) is 10.6. The van der Waals surface area contributed by atoms with Gasteiger partial charge >= 0.3 is 0 Å². The summed E-state index contributed by atoms with van der Waals surface area (Å²) in [7, 11) is 0. The summed E-state index contributed by atoms with van der Waals surface area (Å²) in [5.41, 5.74) is 1.74. The molecule has 2 rings (SSSR count). The molecule has 0 saturated heterocycles. The van der Waals surface area contributed by atoms with Crippen molar-refractivity contribution < 1.29 is 9.13 Å². The number of ether oxygens (including phenoxy) is 1. The van der Waals surface area contributed by atoms with Crippen molar-refractivity contribution in [2.24, 2.45) is 0 Å². The maximum atomic E-state index is 12.9. The van der Waals surface area contributed by atoms with E-state index >= 15 is 0 Å². The Morgan fingerprint density at radius 3 is 2.94 bits per heavy atom. The van der Waals surface area contributed by atoms with Gasteiger partial charge in [-0.05, 0) is 43.5 Å². The number of hydrogen-bond acceptors (Lipinski definition) is 3. The zero-order valence-corrected chi connectivity index (χ0v) is 11.4. The Morgan fingerprint density at radius 1 is 1.39 bits per heavy atom. The van der Waals surface area contributed by atoms with Crippen molar-refractivity contribution in [1.82, 2.24) is 4.98 Å². The highest BCUT2D eigenvalue weighted by atomic mass is 32.1. The summed E-state index contributed by atoms with van der Waals surface area (Å²) in [6.07, 6.45) is 2.12. The fourth-order valence-corrected chi connectivity index (χ4v) is 2.56. The summed E-state index contributed by atoms with van der Waals surface area (Å²) in [5.74, 6) is 0.472. The summed E-state index contributed by atoms with van der Waals surface area (Å²) in [5, 5.41) is 3.16. The number of thiazole rings is 1. The van der Waals surface area contributed by atoms with Crippen molar-refractivity contribution in [2.75, 3.05) is 0 Å². The molecule has 96 valence electrons. The van der Waals surface area contributed by atoms with Crippen LogP contribution in [-0.4, -0.2) is 4.98 Å². The second kappa shape index (κ2) is 5.96. The molecule has 0 bridgehead atoms. The molecule has 0 aliphatic heterocycles. The van der Waals surface area contributed by atoms with Gasteiger partial charge in [-0.2, -0.15) is 0 Å². The Kier molecular flexibility index (Phi) is 4.31. The number of hydrogen-bond donors (Lipinski definition) is 0. The van der Waals surface area contributed by atoms with Crippen molar-refractivity contribution in [3.05, 3.63) is 45.7 Å². The second-order valence-electron chi connectivity index (χ2n) is 4.18. The molecule has 18 heavy (non-hydrogen) atoms. The van der Waals surface area contributed by atoms with Gasteiger partial charge < -0.3 is 4.74 Å². The monoisotopic (exact) mass is 265 g/mol. The van der Waals surface area contributed by atoms with Crippen LogP contribution in [0.4, 0.5) is 4.39 Å². The number of nitrogens with zero attached hydrogens (tertiary/aromatic N) is 1. The smallest absolute Gasteiger partial charge is 0.131 e. The molecule has 1 heterocycles. The van der Waals surface area contributed by atoms with Crippen molar-refractivity contribution in [3.63, 3.8) is 0 Å². The highest BCUT2D eigenvalue weighted by molar-refractivity contribution is 7.09. The first-order valence-corrected chi connectivity index (χ1v) is 6.89. The number of aryl methyl sites for hydroxylation is 2. The SMILES string of the molecule is CCCc1nc(COc2ccc(F)cc2C)cs1. The Labute approximate surface area is 110 Å². The molecule has 0 unspecified atom stereocenters. The maximum absolute atomic E-state index is 12.9. The van der Waals surface area contributed by atoms with Crippen LogP contribution in [-0.2, 0) is 13.0 Å².